The molecule has 2 bridgehead atoms. The third-order valence-electron chi connectivity index (χ3n) is 11.9. The van der Waals surface area contributed by atoms with Gasteiger partial charge in [-0.2, -0.15) is 0 Å². The molecule has 266 valence electrons. The summed E-state index contributed by atoms with van der Waals surface area (Å²) in [5.41, 5.74) is 3.35. The zero-order valence-corrected chi connectivity index (χ0v) is 29.4. The Hall–Kier alpha value is -2.98. The maximum Gasteiger partial charge on any atom is 0.122 e. The summed E-state index contributed by atoms with van der Waals surface area (Å²) in [5, 5.41) is 45.3. The molecule has 8 nitrogen and oxygen atoms in total. The van der Waals surface area contributed by atoms with Crippen LogP contribution in [-0.4, -0.2) is 77.0 Å². The van der Waals surface area contributed by atoms with Crippen LogP contribution in [0.1, 0.15) is 91.8 Å². The molecule has 7 rings (SSSR count). The summed E-state index contributed by atoms with van der Waals surface area (Å²) in [6.07, 6.45) is 7.34. The number of benzene rings is 3. The number of piperidine rings is 3. The summed E-state index contributed by atoms with van der Waals surface area (Å²) in [6, 6.07) is 21.3. The number of phenols is 1. The van der Waals surface area contributed by atoms with Crippen LogP contribution < -0.4 is 10.1 Å². The molecule has 0 radical (unpaired) electrons. The van der Waals surface area contributed by atoms with Gasteiger partial charge in [-0.3, -0.25) is 0 Å². The van der Waals surface area contributed by atoms with Crippen LogP contribution >= 0.6 is 0 Å². The van der Waals surface area contributed by atoms with Crippen LogP contribution in [0.15, 0.2) is 66.7 Å². The molecule has 0 amide bonds. The van der Waals surface area contributed by atoms with Gasteiger partial charge in [0.1, 0.15) is 29.7 Å². The molecule has 3 aromatic rings. The Balaban J connectivity index is 0.972. The van der Waals surface area contributed by atoms with Gasteiger partial charge in [-0.15, -0.1) is 0 Å². The number of hydrogen-bond donors (Lipinski definition) is 5. The number of aryl methyl sites for hydroxylation is 1. The molecule has 0 aromatic heterocycles. The van der Waals surface area contributed by atoms with Crippen molar-refractivity contribution in [1.82, 2.24) is 5.32 Å². The normalized spacial score (nSPS) is 24.8. The number of nitrogens with one attached hydrogen (secondary N) is 1. The number of quaternary nitrogens is 1. The Morgan fingerprint density at radius 1 is 0.959 bits per heavy atom. The first-order chi connectivity index (χ1) is 23.7. The van der Waals surface area contributed by atoms with Crippen LogP contribution in [0.25, 0.3) is 0 Å². The molecule has 3 heterocycles. The number of rotatable bonds is 16. The smallest absolute Gasteiger partial charge is 0.122 e. The van der Waals surface area contributed by atoms with Gasteiger partial charge in [-0.25, -0.2) is 0 Å². The maximum atomic E-state index is 12.0. The van der Waals surface area contributed by atoms with Crippen molar-refractivity contribution in [2.24, 2.45) is 11.8 Å². The van der Waals surface area contributed by atoms with Crippen LogP contribution in [0.5, 0.6) is 11.5 Å². The first-order valence-corrected chi connectivity index (χ1v) is 18.5. The largest absolute Gasteiger partial charge is 0.508 e. The number of aromatic hydroxyl groups is 1. The SMILES string of the molecule is Cc1cc([C@H](C)NC[C@H](O)c2ccc(O)c(CO)c2)ccc1OCCC[N+]12CCC(CC1)[C@@H](OC[C@@](O)(c1ccccc1)C1CCCC1)C2. The van der Waals surface area contributed by atoms with Gasteiger partial charge in [0.2, 0.25) is 0 Å². The monoisotopic (exact) mass is 673 g/mol. The summed E-state index contributed by atoms with van der Waals surface area (Å²) < 4.78 is 14.1. The molecule has 3 aliphatic heterocycles. The standard InChI is InChI=1S/C41H56N2O6/c1-29-23-32(30(2)42-25-38(46)33-13-15-37(45)34(24-33)27-44)14-16-39(29)48-22-8-19-43-20-17-31(18-21-43)40(26-43)49-28-41(47,36-11-6-7-12-36)35-9-4-3-5-10-35/h3-5,9-10,13-16,23-24,30-31,36,38,40,42,44,46-47H,6-8,11-12,17-22,25-28H2,1-2H3/p+1/t30-,31?,38-,40-,41+,43?/m0/s1. The first kappa shape index (κ1) is 35.8. The lowest BCUT2D eigenvalue weighted by atomic mass is 9.80. The molecule has 5 N–H and O–H groups in total. The van der Waals surface area contributed by atoms with E-state index in [0.717, 1.165) is 59.3 Å². The van der Waals surface area contributed by atoms with Crippen molar-refractivity contribution < 1.29 is 34.4 Å². The number of nitrogens with zero attached hydrogens (tertiary/aromatic N) is 1. The Morgan fingerprint density at radius 3 is 2.41 bits per heavy atom. The molecule has 3 saturated heterocycles. The van der Waals surface area contributed by atoms with E-state index in [4.69, 9.17) is 9.47 Å². The number of fused-ring (bicyclic) bond motifs is 3. The maximum absolute atomic E-state index is 12.0. The fraction of sp³-hybridized carbons (Fsp3) is 0.561. The van der Waals surface area contributed by atoms with Gasteiger partial charge in [-0.1, -0.05) is 61.4 Å². The fourth-order valence-corrected chi connectivity index (χ4v) is 8.67. The van der Waals surface area contributed by atoms with Crippen molar-refractivity contribution >= 4 is 0 Å². The van der Waals surface area contributed by atoms with Crippen LogP contribution in [0.3, 0.4) is 0 Å². The third-order valence-corrected chi connectivity index (χ3v) is 11.9. The van der Waals surface area contributed by atoms with Crippen LogP contribution in [0, 0.1) is 18.8 Å². The molecule has 3 aromatic carbocycles. The van der Waals surface area contributed by atoms with Crippen molar-refractivity contribution in [1.29, 1.82) is 0 Å². The Labute approximate surface area is 292 Å². The molecule has 1 aliphatic carbocycles. The van der Waals surface area contributed by atoms with Crippen molar-refractivity contribution in [2.45, 2.75) is 89.3 Å². The number of hydrogen-bond acceptors (Lipinski definition) is 7. The Kier molecular flexibility index (Phi) is 11.6. The summed E-state index contributed by atoms with van der Waals surface area (Å²) in [7, 11) is 0. The second kappa shape index (κ2) is 15.9. The molecule has 1 saturated carbocycles. The van der Waals surface area contributed by atoms with E-state index in [2.05, 4.69) is 43.4 Å². The van der Waals surface area contributed by atoms with E-state index in [1.807, 2.05) is 24.3 Å². The van der Waals surface area contributed by atoms with Crippen LogP contribution in [0.4, 0.5) is 0 Å². The number of aliphatic hydroxyl groups is 3. The number of ether oxygens (including phenoxy) is 2. The quantitative estimate of drug-likeness (QED) is 0.0931. The highest BCUT2D eigenvalue weighted by Crippen LogP contribution is 2.43. The van der Waals surface area contributed by atoms with E-state index >= 15 is 0 Å². The third kappa shape index (κ3) is 8.33. The Morgan fingerprint density at radius 2 is 1.69 bits per heavy atom. The topological polar surface area (TPSA) is 111 Å². The summed E-state index contributed by atoms with van der Waals surface area (Å²) >= 11 is 0. The highest BCUT2D eigenvalue weighted by molar-refractivity contribution is 5.38. The van der Waals surface area contributed by atoms with Gasteiger partial charge in [0.05, 0.1) is 45.6 Å². The molecular weight excluding hydrogens is 616 g/mol. The molecule has 0 unspecified atom stereocenters. The van der Waals surface area contributed by atoms with Crippen molar-refractivity contribution in [3.63, 3.8) is 0 Å². The molecule has 49 heavy (non-hydrogen) atoms. The van der Waals surface area contributed by atoms with E-state index in [9.17, 15) is 20.4 Å². The van der Waals surface area contributed by atoms with Crippen LogP contribution in [-0.2, 0) is 16.9 Å². The predicted octanol–water partition coefficient (Wildman–Crippen LogP) is 6.05. The molecule has 0 spiro atoms. The zero-order valence-electron chi connectivity index (χ0n) is 29.4. The second-order valence-corrected chi connectivity index (χ2v) is 15.1. The highest BCUT2D eigenvalue weighted by atomic mass is 16.5. The van der Waals surface area contributed by atoms with E-state index in [1.54, 1.807) is 12.1 Å². The minimum atomic E-state index is -0.913. The van der Waals surface area contributed by atoms with Gasteiger partial charge >= 0.3 is 0 Å². The lowest BCUT2D eigenvalue weighted by Crippen LogP contribution is -2.65. The van der Waals surface area contributed by atoms with Crippen LogP contribution in [0.2, 0.25) is 0 Å². The zero-order chi connectivity index (χ0) is 34.4. The van der Waals surface area contributed by atoms with Crippen molar-refractivity contribution in [3.05, 3.63) is 94.5 Å². The summed E-state index contributed by atoms with van der Waals surface area (Å²) in [6.45, 7) is 9.81. The van der Waals surface area contributed by atoms with E-state index in [0.29, 0.717) is 36.8 Å². The minimum absolute atomic E-state index is 0.0201. The lowest BCUT2D eigenvalue weighted by Gasteiger charge is -2.53. The van der Waals surface area contributed by atoms with E-state index in [-0.39, 0.29) is 30.4 Å². The summed E-state index contributed by atoms with van der Waals surface area (Å²) in [4.78, 5) is 0. The lowest BCUT2D eigenvalue weighted by molar-refractivity contribution is -0.946. The molecule has 8 heteroatoms. The van der Waals surface area contributed by atoms with Crippen molar-refractivity contribution in [3.8, 4) is 11.5 Å². The fourth-order valence-electron chi connectivity index (χ4n) is 8.67. The van der Waals surface area contributed by atoms with Gasteiger partial charge in [0.25, 0.3) is 0 Å². The van der Waals surface area contributed by atoms with Gasteiger partial charge in [0, 0.05) is 43.3 Å². The van der Waals surface area contributed by atoms with Gasteiger partial charge in [-0.05, 0) is 73.1 Å². The summed E-state index contributed by atoms with van der Waals surface area (Å²) in [5.74, 6) is 1.79. The first-order valence-electron chi connectivity index (χ1n) is 18.5. The average molecular weight is 674 g/mol. The van der Waals surface area contributed by atoms with Gasteiger partial charge in [0.15, 0.2) is 0 Å². The minimum Gasteiger partial charge on any atom is -0.508 e. The number of aliphatic hydroxyl groups excluding tert-OH is 2. The van der Waals surface area contributed by atoms with Crippen molar-refractivity contribution in [2.75, 3.05) is 45.9 Å². The Bertz CT molecular complexity index is 1500. The molecule has 4 aliphatic rings. The van der Waals surface area contributed by atoms with E-state index < -0.39 is 11.7 Å². The highest BCUT2D eigenvalue weighted by Gasteiger charge is 2.48. The predicted molar refractivity (Wildman–Crippen MR) is 191 cm³/mol. The molecule has 4 atom stereocenters. The molecule has 4 fully saturated rings. The van der Waals surface area contributed by atoms with E-state index in [1.165, 1.54) is 44.8 Å². The second-order valence-electron chi connectivity index (χ2n) is 15.1. The average Bonchev–Trinajstić information content (AvgIpc) is 3.69. The van der Waals surface area contributed by atoms with Gasteiger partial charge < -0.3 is 39.7 Å². The molecular formula is C41H57N2O6+.